The van der Waals surface area contributed by atoms with Crippen molar-refractivity contribution in [3.8, 4) is 11.4 Å². The number of hydrogen-bond acceptors (Lipinski definition) is 6. The van der Waals surface area contributed by atoms with Gasteiger partial charge in [-0.3, -0.25) is 9.78 Å². The zero-order valence-corrected chi connectivity index (χ0v) is 10.6. The van der Waals surface area contributed by atoms with Crippen molar-refractivity contribution in [1.29, 1.82) is 0 Å². The summed E-state index contributed by atoms with van der Waals surface area (Å²) in [6.45, 7) is 1.75. The Bertz CT molecular complexity index is 763. The van der Waals surface area contributed by atoms with Crippen molar-refractivity contribution in [2.75, 3.05) is 0 Å². The van der Waals surface area contributed by atoms with Gasteiger partial charge in [-0.1, -0.05) is 0 Å². The summed E-state index contributed by atoms with van der Waals surface area (Å²) < 4.78 is 3.14. The monoisotopic (exact) mass is 273 g/mol. The fourth-order valence-electron chi connectivity index (χ4n) is 2.01. The number of carboxylic acids is 1. The van der Waals surface area contributed by atoms with E-state index in [1.165, 1.54) is 4.68 Å². The molecule has 9 heteroatoms. The van der Waals surface area contributed by atoms with Crippen LogP contribution in [0.5, 0.6) is 0 Å². The van der Waals surface area contributed by atoms with Crippen LogP contribution in [0.25, 0.3) is 16.9 Å². The molecule has 3 aromatic heterocycles. The molecule has 1 N–H and O–H groups in total. The molecule has 0 fully saturated rings. The summed E-state index contributed by atoms with van der Waals surface area (Å²) in [5, 5.41) is 24.5. The molecule has 3 rings (SSSR count). The van der Waals surface area contributed by atoms with E-state index in [4.69, 9.17) is 5.11 Å². The zero-order valence-electron chi connectivity index (χ0n) is 10.6. The predicted octanol–water partition coefficient (Wildman–Crippen LogP) is 0.418. The molecule has 0 saturated heterocycles. The first-order chi connectivity index (χ1) is 9.66. The lowest BCUT2D eigenvalue weighted by Crippen LogP contribution is -2.13. The summed E-state index contributed by atoms with van der Waals surface area (Å²) in [5.41, 5.74) is 1.46. The van der Waals surface area contributed by atoms with Gasteiger partial charge in [-0.25, -0.2) is 9.20 Å². The summed E-state index contributed by atoms with van der Waals surface area (Å²) in [6, 6.07) is -0.357. The minimum atomic E-state index is -0.902. The highest BCUT2D eigenvalue weighted by atomic mass is 16.4. The van der Waals surface area contributed by atoms with Crippen LogP contribution in [0.15, 0.2) is 24.8 Å². The van der Waals surface area contributed by atoms with Crippen LogP contribution in [0.2, 0.25) is 0 Å². The third-order valence-electron chi connectivity index (χ3n) is 2.95. The number of fused-ring (bicyclic) bond motifs is 1. The Hall–Kier alpha value is -2.84. The molecule has 9 nitrogen and oxygen atoms in total. The van der Waals surface area contributed by atoms with Crippen LogP contribution in [-0.4, -0.2) is 45.9 Å². The Labute approximate surface area is 112 Å². The second kappa shape index (κ2) is 4.68. The first kappa shape index (κ1) is 12.2. The largest absolute Gasteiger partial charge is 0.481 e. The molecule has 3 aromatic rings. The maximum Gasteiger partial charge on any atom is 0.305 e. The van der Waals surface area contributed by atoms with E-state index < -0.39 is 5.97 Å². The second-order valence-corrected chi connectivity index (χ2v) is 4.36. The van der Waals surface area contributed by atoms with Crippen LogP contribution >= 0.6 is 0 Å². The van der Waals surface area contributed by atoms with Gasteiger partial charge < -0.3 is 5.11 Å². The summed E-state index contributed by atoms with van der Waals surface area (Å²) in [4.78, 5) is 14.9. The van der Waals surface area contributed by atoms with Gasteiger partial charge in [-0.15, -0.1) is 5.10 Å². The van der Waals surface area contributed by atoms with Gasteiger partial charge >= 0.3 is 5.97 Å². The van der Waals surface area contributed by atoms with Gasteiger partial charge in [0.05, 0.1) is 35.9 Å². The number of aliphatic carboxylic acids is 1. The van der Waals surface area contributed by atoms with Gasteiger partial charge in [0.2, 0.25) is 0 Å². The highest BCUT2D eigenvalue weighted by molar-refractivity contribution is 5.75. The Kier molecular flexibility index (Phi) is 2.86. The minimum Gasteiger partial charge on any atom is -0.481 e. The smallest absolute Gasteiger partial charge is 0.305 e. The van der Waals surface area contributed by atoms with Gasteiger partial charge in [-0.05, 0) is 17.4 Å². The van der Waals surface area contributed by atoms with E-state index in [0.29, 0.717) is 11.4 Å². The average Bonchev–Trinajstić information content (AvgIpc) is 3.03. The topological polar surface area (TPSA) is 111 Å². The maximum absolute atomic E-state index is 10.8. The van der Waals surface area contributed by atoms with E-state index in [1.807, 2.05) is 0 Å². The molecule has 0 aliphatic carbocycles. The number of carbonyl (C=O) groups is 1. The summed E-state index contributed by atoms with van der Waals surface area (Å²) >= 11 is 0. The van der Waals surface area contributed by atoms with E-state index in [9.17, 15) is 4.79 Å². The Morgan fingerprint density at radius 2 is 2.30 bits per heavy atom. The van der Waals surface area contributed by atoms with E-state index in [2.05, 4.69) is 25.6 Å². The lowest BCUT2D eigenvalue weighted by Gasteiger charge is -2.10. The van der Waals surface area contributed by atoms with Gasteiger partial charge in [0.1, 0.15) is 0 Å². The first-order valence-corrected chi connectivity index (χ1v) is 5.94. The number of carboxylic acid groups (broad SMARTS) is 1. The molecule has 3 heterocycles. The quantitative estimate of drug-likeness (QED) is 0.733. The normalized spacial score (nSPS) is 12.7. The molecule has 0 spiro atoms. The van der Waals surface area contributed by atoms with Gasteiger partial charge in [0, 0.05) is 12.4 Å². The standard InChI is InChI=1S/C11H11N7O2/c1-7(4-10(19)20)18-11(14-15-16-18)8-5-13-17-3-2-12-6-9(8)17/h2-3,5-7H,4H2,1H3,(H,19,20). The Morgan fingerprint density at radius 3 is 3.10 bits per heavy atom. The van der Waals surface area contributed by atoms with Crippen LogP contribution in [0.4, 0.5) is 0 Å². The molecule has 20 heavy (non-hydrogen) atoms. The van der Waals surface area contributed by atoms with E-state index in [1.54, 1.807) is 36.2 Å². The number of aromatic nitrogens is 7. The van der Waals surface area contributed by atoms with Crippen LogP contribution < -0.4 is 0 Å². The van der Waals surface area contributed by atoms with Crippen molar-refractivity contribution in [2.24, 2.45) is 0 Å². The Morgan fingerprint density at radius 1 is 1.45 bits per heavy atom. The molecule has 1 unspecified atom stereocenters. The van der Waals surface area contributed by atoms with E-state index in [-0.39, 0.29) is 12.5 Å². The van der Waals surface area contributed by atoms with E-state index in [0.717, 1.165) is 5.52 Å². The summed E-state index contributed by atoms with van der Waals surface area (Å²) in [7, 11) is 0. The molecular formula is C11H11N7O2. The van der Waals surface area contributed by atoms with Crippen LogP contribution in [0.3, 0.4) is 0 Å². The molecule has 0 radical (unpaired) electrons. The number of nitrogens with zero attached hydrogens (tertiary/aromatic N) is 7. The highest BCUT2D eigenvalue weighted by Crippen LogP contribution is 2.24. The molecule has 102 valence electrons. The third kappa shape index (κ3) is 1.98. The van der Waals surface area contributed by atoms with Gasteiger partial charge in [0.15, 0.2) is 5.82 Å². The van der Waals surface area contributed by atoms with Crippen molar-refractivity contribution in [3.05, 3.63) is 24.8 Å². The van der Waals surface area contributed by atoms with Crippen LogP contribution in [-0.2, 0) is 4.79 Å². The van der Waals surface area contributed by atoms with Crippen molar-refractivity contribution in [3.63, 3.8) is 0 Å². The number of hydrogen-bond donors (Lipinski definition) is 1. The molecule has 1 atom stereocenters. The second-order valence-electron chi connectivity index (χ2n) is 4.36. The molecular weight excluding hydrogens is 262 g/mol. The van der Waals surface area contributed by atoms with Gasteiger partial charge in [-0.2, -0.15) is 5.10 Å². The molecule has 0 saturated carbocycles. The molecule has 0 amide bonds. The lowest BCUT2D eigenvalue weighted by molar-refractivity contribution is -0.137. The fraction of sp³-hybridized carbons (Fsp3) is 0.273. The SMILES string of the molecule is CC(CC(=O)O)n1nnnc1-c1cnn2ccncc12. The number of rotatable bonds is 4. The minimum absolute atomic E-state index is 0.0600. The van der Waals surface area contributed by atoms with Crippen LogP contribution in [0, 0.1) is 0 Å². The fourth-order valence-corrected chi connectivity index (χ4v) is 2.01. The van der Waals surface area contributed by atoms with Crippen LogP contribution in [0.1, 0.15) is 19.4 Å². The molecule has 0 aromatic carbocycles. The molecule has 0 aliphatic rings. The molecule has 0 aliphatic heterocycles. The predicted molar refractivity (Wildman–Crippen MR) is 66.8 cm³/mol. The van der Waals surface area contributed by atoms with Gasteiger partial charge in [0.25, 0.3) is 0 Å². The van der Waals surface area contributed by atoms with Crippen molar-refractivity contribution < 1.29 is 9.90 Å². The van der Waals surface area contributed by atoms with Crippen molar-refractivity contribution in [2.45, 2.75) is 19.4 Å². The average molecular weight is 273 g/mol. The summed E-state index contributed by atoms with van der Waals surface area (Å²) in [6.07, 6.45) is 6.57. The third-order valence-corrected chi connectivity index (χ3v) is 2.95. The maximum atomic E-state index is 10.8. The van der Waals surface area contributed by atoms with Crippen molar-refractivity contribution >= 4 is 11.5 Å². The first-order valence-electron chi connectivity index (χ1n) is 5.94. The Balaban J connectivity index is 2.07. The lowest BCUT2D eigenvalue weighted by atomic mass is 10.2. The number of tetrazole rings is 1. The highest BCUT2D eigenvalue weighted by Gasteiger charge is 2.19. The van der Waals surface area contributed by atoms with Crippen molar-refractivity contribution in [1.82, 2.24) is 34.8 Å². The van der Waals surface area contributed by atoms with E-state index >= 15 is 0 Å². The summed E-state index contributed by atoms with van der Waals surface area (Å²) in [5.74, 6) is -0.428. The zero-order chi connectivity index (χ0) is 14.1. The molecule has 0 bridgehead atoms.